The van der Waals surface area contributed by atoms with Gasteiger partial charge in [0.05, 0.1) is 17.5 Å². The van der Waals surface area contributed by atoms with E-state index < -0.39 is 5.91 Å². The Balaban J connectivity index is 1.94. The molecular weight excluding hydrogens is 244 g/mol. The molecule has 2 rings (SSSR count). The van der Waals surface area contributed by atoms with Crippen LogP contribution in [0.2, 0.25) is 0 Å². The minimum absolute atomic E-state index is 0.356. The zero-order valence-electron chi connectivity index (χ0n) is 9.85. The summed E-state index contributed by atoms with van der Waals surface area (Å²) in [4.78, 5) is 34.4. The smallest absolute Gasteiger partial charge is 0.279 e. The molecule has 0 fully saturated rings. The number of pyridine rings is 2. The van der Waals surface area contributed by atoms with Crippen LogP contribution in [0.4, 0.5) is 0 Å². The van der Waals surface area contributed by atoms with Crippen LogP contribution in [0.1, 0.15) is 20.7 Å². The molecule has 6 heteroatoms. The van der Waals surface area contributed by atoms with Crippen molar-refractivity contribution in [3.8, 4) is 0 Å². The third kappa shape index (κ3) is 3.53. The Bertz CT molecular complexity index is 597. The van der Waals surface area contributed by atoms with E-state index in [9.17, 15) is 9.59 Å². The molecule has 6 nitrogen and oxygen atoms in total. The van der Waals surface area contributed by atoms with E-state index in [1.165, 1.54) is 12.4 Å². The van der Waals surface area contributed by atoms with Crippen molar-refractivity contribution in [2.75, 3.05) is 0 Å². The second-order valence-electron chi connectivity index (χ2n) is 3.52. The zero-order chi connectivity index (χ0) is 13.5. The fraction of sp³-hybridized carbons (Fsp3) is 0. The highest BCUT2D eigenvalue weighted by atomic mass is 16.2. The Labute approximate surface area is 109 Å². The van der Waals surface area contributed by atoms with E-state index in [0.29, 0.717) is 11.1 Å². The predicted molar refractivity (Wildman–Crippen MR) is 68.8 cm³/mol. The summed E-state index contributed by atoms with van der Waals surface area (Å²) in [6.07, 6.45) is 7.01. The first-order valence-corrected chi connectivity index (χ1v) is 5.45. The number of hydrogen-bond acceptors (Lipinski definition) is 4. The third-order valence-electron chi connectivity index (χ3n) is 2.21. The molecule has 2 aromatic rings. The Kier molecular flexibility index (Phi) is 4.07. The van der Waals surface area contributed by atoms with Gasteiger partial charge < -0.3 is 5.32 Å². The summed E-state index contributed by atoms with van der Waals surface area (Å²) in [6, 6.07) is 6.48. The molecule has 0 unspecified atom stereocenters. The molecule has 94 valence electrons. The largest absolute Gasteiger partial charge is 0.313 e. The van der Waals surface area contributed by atoms with Crippen LogP contribution in [0.15, 0.2) is 54.0 Å². The average molecular weight is 254 g/mol. The van der Waals surface area contributed by atoms with Crippen LogP contribution >= 0.6 is 0 Å². The average Bonchev–Trinajstić information content (AvgIpc) is 2.49. The SMILES string of the molecule is O=C(N=CNC(=O)c1cccnc1)c1cccnc1. The van der Waals surface area contributed by atoms with Gasteiger partial charge in [-0.3, -0.25) is 19.6 Å². The Morgan fingerprint density at radius 3 is 2.26 bits per heavy atom. The van der Waals surface area contributed by atoms with E-state index in [-0.39, 0.29) is 5.91 Å². The van der Waals surface area contributed by atoms with Gasteiger partial charge in [-0.1, -0.05) is 0 Å². The molecule has 2 heterocycles. The number of rotatable bonds is 3. The molecule has 2 aromatic heterocycles. The number of aromatic nitrogens is 2. The number of aliphatic imine (C=N–C) groups is 1. The first-order valence-electron chi connectivity index (χ1n) is 5.45. The highest BCUT2D eigenvalue weighted by Crippen LogP contribution is 1.97. The fourth-order valence-corrected chi connectivity index (χ4v) is 1.29. The van der Waals surface area contributed by atoms with Gasteiger partial charge in [0, 0.05) is 24.8 Å². The lowest BCUT2D eigenvalue weighted by Gasteiger charge is -1.98. The van der Waals surface area contributed by atoms with Crippen molar-refractivity contribution in [1.82, 2.24) is 15.3 Å². The lowest BCUT2D eigenvalue weighted by molar-refractivity contribution is 0.0978. The van der Waals surface area contributed by atoms with Crippen LogP contribution in [0, 0.1) is 0 Å². The molecule has 0 aromatic carbocycles. The second-order valence-corrected chi connectivity index (χ2v) is 3.52. The van der Waals surface area contributed by atoms with E-state index in [1.807, 2.05) is 0 Å². The van der Waals surface area contributed by atoms with Gasteiger partial charge in [0.25, 0.3) is 11.8 Å². The molecule has 0 saturated carbocycles. The van der Waals surface area contributed by atoms with Crippen molar-refractivity contribution in [3.63, 3.8) is 0 Å². The molecule has 0 radical (unpaired) electrons. The number of amides is 2. The van der Waals surface area contributed by atoms with Crippen LogP contribution in [0.5, 0.6) is 0 Å². The molecule has 0 bridgehead atoms. The van der Waals surface area contributed by atoms with Gasteiger partial charge >= 0.3 is 0 Å². The van der Waals surface area contributed by atoms with Crippen LogP contribution in [0.25, 0.3) is 0 Å². The molecule has 0 aliphatic heterocycles. The van der Waals surface area contributed by atoms with Gasteiger partial charge in [-0.25, -0.2) is 0 Å². The van der Waals surface area contributed by atoms with Gasteiger partial charge in [0.15, 0.2) is 0 Å². The maximum Gasteiger partial charge on any atom is 0.279 e. The quantitative estimate of drug-likeness (QED) is 0.656. The lowest BCUT2D eigenvalue weighted by Crippen LogP contribution is -2.22. The monoisotopic (exact) mass is 254 g/mol. The number of hydrogen-bond donors (Lipinski definition) is 1. The number of nitrogens with zero attached hydrogens (tertiary/aromatic N) is 3. The predicted octanol–water partition coefficient (Wildman–Crippen LogP) is 1.08. The van der Waals surface area contributed by atoms with E-state index in [4.69, 9.17) is 0 Å². The maximum atomic E-state index is 11.6. The molecule has 19 heavy (non-hydrogen) atoms. The Hall–Kier alpha value is -2.89. The Morgan fingerprint density at radius 2 is 1.68 bits per heavy atom. The topological polar surface area (TPSA) is 84.3 Å². The second kappa shape index (κ2) is 6.15. The fourth-order valence-electron chi connectivity index (χ4n) is 1.29. The minimum Gasteiger partial charge on any atom is -0.313 e. The van der Waals surface area contributed by atoms with Crippen molar-refractivity contribution in [2.24, 2.45) is 4.99 Å². The maximum absolute atomic E-state index is 11.6. The number of carbonyl (C=O) groups is 2. The molecule has 0 spiro atoms. The third-order valence-corrected chi connectivity index (χ3v) is 2.21. The molecule has 0 aliphatic rings. The van der Waals surface area contributed by atoms with Gasteiger partial charge in [0.1, 0.15) is 0 Å². The standard InChI is InChI=1S/C13H10N4O2/c18-12(10-3-1-5-14-7-10)16-9-17-13(19)11-4-2-6-15-8-11/h1-9H,(H,16,17,18,19). The molecule has 1 N–H and O–H groups in total. The lowest BCUT2D eigenvalue weighted by atomic mass is 10.3. The van der Waals surface area contributed by atoms with Gasteiger partial charge in [-0.05, 0) is 24.3 Å². The van der Waals surface area contributed by atoms with Crippen molar-refractivity contribution in [1.29, 1.82) is 0 Å². The highest BCUT2D eigenvalue weighted by molar-refractivity contribution is 6.04. The summed E-state index contributed by atoms with van der Waals surface area (Å²) < 4.78 is 0. The first kappa shape index (κ1) is 12.6. The van der Waals surface area contributed by atoms with Crippen molar-refractivity contribution >= 4 is 18.2 Å². The summed E-state index contributed by atoms with van der Waals surface area (Å²) >= 11 is 0. The summed E-state index contributed by atoms with van der Waals surface area (Å²) in [5.41, 5.74) is 0.747. The van der Waals surface area contributed by atoms with Crippen LogP contribution in [-0.4, -0.2) is 28.1 Å². The number of nitrogens with one attached hydrogen (secondary N) is 1. The normalized spacial score (nSPS) is 10.3. The summed E-state index contributed by atoms with van der Waals surface area (Å²) in [6.45, 7) is 0. The van der Waals surface area contributed by atoms with Gasteiger partial charge in [-0.15, -0.1) is 0 Å². The summed E-state index contributed by atoms with van der Waals surface area (Å²) in [7, 11) is 0. The summed E-state index contributed by atoms with van der Waals surface area (Å²) in [5.74, 6) is -0.851. The molecule has 0 saturated heterocycles. The van der Waals surface area contributed by atoms with Gasteiger partial charge in [0.2, 0.25) is 0 Å². The van der Waals surface area contributed by atoms with E-state index in [0.717, 1.165) is 6.34 Å². The molecular formula is C13H10N4O2. The molecule has 2 amide bonds. The van der Waals surface area contributed by atoms with Crippen LogP contribution in [0.3, 0.4) is 0 Å². The highest BCUT2D eigenvalue weighted by Gasteiger charge is 2.04. The van der Waals surface area contributed by atoms with E-state index >= 15 is 0 Å². The summed E-state index contributed by atoms with van der Waals surface area (Å²) in [5, 5.41) is 2.39. The zero-order valence-corrected chi connectivity index (χ0v) is 9.85. The minimum atomic E-state index is -0.473. The Morgan fingerprint density at radius 1 is 1.05 bits per heavy atom. The van der Waals surface area contributed by atoms with E-state index in [1.54, 1.807) is 36.7 Å². The molecule has 0 atom stereocenters. The van der Waals surface area contributed by atoms with Crippen LogP contribution < -0.4 is 5.32 Å². The van der Waals surface area contributed by atoms with Crippen molar-refractivity contribution < 1.29 is 9.59 Å². The van der Waals surface area contributed by atoms with Gasteiger partial charge in [-0.2, -0.15) is 4.99 Å². The van der Waals surface area contributed by atoms with Crippen molar-refractivity contribution in [3.05, 3.63) is 60.2 Å². The van der Waals surface area contributed by atoms with E-state index in [2.05, 4.69) is 20.3 Å². The first-order chi connectivity index (χ1) is 9.27. The van der Waals surface area contributed by atoms with Crippen LogP contribution in [-0.2, 0) is 0 Å². The molecule has 0 aliphatic carbocycles. The van der Waals surface area contributed by atoms with Crippen molar-refractivity contribution in [2.45, 2.75) is 0 Å². The number of carbonyl (C=O) groups excluding carboxylic acids is 2.